The Hall–Kier alpha value is -3.09. The van der Waals surface area contributed by atoms with E-state index in [2.05, 4.69) is 0 Å². The zero-order valence-electron chi connectivity index (χ0n) is 15.3. The number of nitro groups is 1. The first-order valence-electron chi connectivity index (χ1n) is 8.31. The van der Waals surface area contributed by atoms with Gasteiger partial charge in [-0.25, -0.2) is 0 Å². The van der Waals surface area contributed by atoms with Gasteiger partial charge in [-0.1, -0.05) is 18.2 Å². The van der Waals surface area contributed by atoms with E-state index in [0.717, 1.165) is 5.56 Å². The summed E-state index contributed by atoms with van der Waals surface area (Å²) in [5.74, 6) is 0.0518. The van der Waals surface area contributed by atoms with Crippen LogP contribution in [0.1, 0.15) is 29.8 Å². The topological polar surface area (TPSA) is 81.9 Å². The Morgan fingerprint density at radius 1 is 1.19 bits per heavy atom. The van der Waals surface area contributed by atoms with Crippen molar-refractivity contribution in [2.45, 2.75) is 20.8 Å². The number of rotatable bonds is 7. The first-order chi connectivity index (χ1) is 12.4. The molecule has 2 aromatic carbocycles. The van der Waals surface area contributed by atoms with Gasteiger partial charge in [0.15, 0.2) is 11.5 Å². The number of carbonyl (C=O) groups excluding carboxylic acids is 1. The SMILES string of the molecule is CCOc1cc(C(=O)N(CC)c2ccccc2C)c([N+](=O)[O-])cc1OC. The molecular formula is C19H22N2O5. The lowest BCUT2D eigenvalue weighted by Crippen LogP contribution is -2.31. The fourth-order valence-electron chi connectivity index (χ4n) is 2.73. The highest BCUT2D eigenvalue weighted by Crippen LogP contribution is 2.36. The van der Waals surface area contributed by atoms with Crippen molar-refractivity contribution in [2.24, 2.45) is 0 Å². The first-order valence-corrected chi connectivity index (χ1v) is 8.31. The van der Waals surface area contributed by atoms with Crippen molar-refractivity contribution < 1.29 is 19.2 Å². The van der Waals surface area contributed by atoms with E-state index < -0.39 is 10.8 Å². The number of hydrogen-bond acceptors (Lipinski definition) is 5. The van der Waals surface area contributed by atoms with Crippen LogP contribution < -0.4 is 14.4 Å². The molecule has 0 atom stereocenters. The lowest BCUT2D eigenvalue weighted by atomic mass is 10.1. The van der Waals surface area contributed by atoms with Gasteiger partial charge >= 0.3 is 0 Å². The van der Waals surface area contributed by atoms with Gasteiger partial charge in [0.1, 0.15) is 5.56 Å². The second-order valence-corrected chi connectivity index (χ2v) is 5.55. The van der Waals surface area contributed by atoms with Gasteiger partial charge in [0.05, 0.1) is 24.7 Å². The monoisotopic (exact) mass is 358 g/mol. The van der Waals surface area contributed by atoms with Crippen LogP contribution in [0, 0.1) is 17.0 Å². The number of benzene rings is 2. The molecule has 7 heteroatoms. The number of carbonyl (C=O) groups is 1. The summed E-state index contributed by atoms with van der Waals surface area (Å²) in [7, 11) is 1.40. The number of para-hydroxylation sites is 1. The molecule has 26 heavy (non-hydrogen) atoms. The van der Waals surface area contributed by atoms with Crippen molar-refractivity contribution in [3.63, 3.8) is 0 Å². The molecule has 0 heterocycles. The fourth-order valence-corrected chi connectivity index (χ4v) is 2.73. The van der Waals surface area contributed by atoms with Gasteiger partial charge in [-0.3, -0.25) is 14.9 Å². The highest BCUT2D eigenvalue weighted by atomic mass is 16.6. The molecule has 0 aliphatic rings. The van der Waals surface area contributed by atoms with Crippen LogP contribution in [0.2, 0.25) is 0 Å². The third-order valence-corrected chi connectivity index (χ3v) is 3.98. The second-order valence-electron chi connectivity index (χ2n) is 5.55. The smallest absolute Gasteiger partial charge is 0.286 e. The van der Waals surface area contributed by atoms with Crippen LogP contribution in [0.3, 0.4) is 0 Å². The largest absolute Gasteiger partial charge is 0.493 e. The average molecular weight is 358 g/mol. The van der Waals surface area contributed by atoms with Crippen molar-refractivity contribution >= 4 is 17.3 Å². The number of aryl methyl sites for hydroxylation is 1. The quantitative estimate of drug-likeness (QED) is 0.552. The number of methoxy groups -OCH3 is 1. The maximum atomic E-state index is 13.1. The predicted molar refractivity (Wildman–Crippen MR) is 99.3 cm³/mol. The number of nitrogens with zero attached hydrogens (tertiary/aromatic N) is 2. The molecule has 138 valence electrons. The zero-order chi connectivity index (χ0) is 19.3. The van der Waals surface area contributed by atoms with Crippen LogP contribution >= 0.6 is 0 Å². The average Bonchev–Trinajstić information content (AvgIpc) is 2.63. The fraction of sp³-hybridized carbons (Fsp3) is 0.316. The van der Waals surface area contributed by atoms with E-state index in [-0.39, 0.29) is 17.0 Å². The molecule has 7 nitrogen and oxygen atoms in total. The van der Waals surface area contributed by atoms with Crippen molar-refractivity contribution in [3.05, 3.63) is 57.6 Å². The lowest BCUT2D eigenvalue weighted by Gasteiger charge is -2.23. The number of anilines is 1. The van der Waals surface area contributed by atoms with E-state index in [9.17, 15) is 14.9 Å². The molecule has 2 rings (SSSR count). The molecular weight excluding hydrogens is 336 g/mol. The van der Waals surface area contributed by atoms with E-state index in [1.807, 2.05) is 38.1 Å². The van der Waals surface area contributed by atoms with Crippen LogP contribution in [-0.2, 0) is 0 Å². The first kappa shape index (κ1) is 19.2. The summed E-state index contributed by atoms with van der Waals surface area (Å²) < 4.78 is 10.6. The van der Waals surface area contributed by atoms with E-state index in [1.54, 1.807) is 6.92 Å². The van der Waals surface area contributed by atoms with Gasteiger partial charge in [-0.15, -0.1) is 0 Å². The molecule has 0 unspecified atom stereocenters. The Morgan fingerprint density at radius 3 is 2.42 bits per heavy atom. The van der Waals surface area contributed by atoms with E-state index in [1.165, 1.54) is 24.1 Å². The highest BCUT2D eigenvalue weighted by Gasteiger charge is 2.28. The van der Waals surface area contributed by atoms with Gasteiger partial charge < -0.3 is 14.4 Å². The van der Waals surface area contributed by atoms with Crippen LogP contribution in [0.4, 0.5) is 11.4 Å². The number of hydrogen-bond donors (Lipinski definition) is 0. The van der Waals surface area contributed by atoms with Gasteiger partial charge in [-0.05, 0) is 32.4 Å². The van der Waals surface area contributed by atoms with Crippen molar-refractivity contribution in [1.29, 1.82) is 0 Å². The Bertz CT molecular complexity index is 820. The lowest BCUT2D eigenvalue weighted by molar-refractivity contribution is -0.385. The molecule has 0 radical (unpaired) electrons. The summed E-state index contributed by atoms with van der Waals surface area (Å²) in [5, 5.41) is 11.5. The minimum absolute atomic E-state index is 0.0376. The molecule has 0 aliphatic carbocycles. The number of amides is 1. The van der Waals surface area contributed by atoms with Crippen LogP contribution in [-0.4, -0.2) is 31.1 Å². The maximum Gasteiger partial charge on any atom is 0.286 e. The van der Waals surface area contributed by atoms with E-state index >= 15 is 0 Å². The predicted octanol–water partition coefficient (Wildman–Crippen LogP) is 3.98. The highest BCUT2D eigenvalue weighted by molar-refractivity contribution is 6.09. The Morgan fingerprint density at radius 2 is 1.88 bits per heavy atom. The van der Waals surface area contributed by atoms with Gasteiger partial charge in [0.25, 0.3) is 11.6 Å². The molecule has 0 bridgehead atoms. The third kappa shape index (κ3) is 3.77. The normalized spacial score (nSPS) is 10.3. The Kier molecular flexibility index (Phi) is 6.16. The molecule has 1 amide bonds. The standard InChI is InChI=1S/C19H22N2O5/c1-5-20(15-10-8-7-9-13(15)3)19(22)14-11-18(26-6-2)17(25-4)12-16(14)21(23)24/h7-12H,5-6H2,1-4H3. The summed E-state index contributed by atoms with van der Waals surface area (Å²) in [4.78, 5) is 25.6. The third-order valence-electron chi connectivity index (χ3n) is 3.98. The molecule has 0 N–H and O–H groups in total. The zero-order valence-corrected chi connectivity index (χ0v) is 15.3. The van der Waals surface area contributed by atoms with E-state index in [4.69, 9.17) is 9.47 Å². The summed E-state index contributed by atoms with van der Waals surface area (Å²) in [6.07, 6.45) is 0. The molecule has 0 saturated heterocycles. The van der Waals surface area contributed by atoms with Crippen LogP contribution in [0.5, 0.6) is 11.5 Å². The Balaban J connectivity index is 2.60. The van der Waals surface area contributed by atoms with Gasteiger partial charge in [0.2, 0.25) is 0 Å². The van der Waals surface area contributed by atoms with Gasteiger partial charge in [-0.2, -0.15) is 0 Å². The van der Waals surface area contributed by atoms with Crippen molar-refractivity contribution in [1.82, 2.24) is 0 Å². The minimum atomic E-state index is -0.586. The maximum absolute atomic E-state index is 13.1. The molecule has 0 aliphatic heterocycles. The van der Waals surface area contributed by atoms with Crippen LogP contribution in [0.15, 0.2) is 36.4 Å². The molecule has 0 spiro atoms. The number of ether oxygens (including phenoxy) is 2. The summed E-state index contributed by atoms with van der Waals surface area (Å²) in [6, 6.07) is 10.0. The van der Waals surface area contributed by atoms with E-state index in [0.29, 0.717) is 24.6 Å². The van der Waals surface area contributed by atoms with Gasteiger partial charge in [0, 0.05) is 18.3 Å². The summed E-state index contributed by atoms with van der Waals surface area (Å²) in [5.41, 5.74) is 1.26. The molecule has 0 saturated carbocycles. The minimum Gasteiger partial charge on any atom is -0.493 e. The summed E-state index contributed by atoms with van der Waals surface area (Å²) in [6.45, 7) is 6.21. The van der Waals surface area contributed by atoms with Crippen LogP contribution in [0.25, 0.3) is 0 Å². The molecule has 2 aromatic rings. The van der Waals surface area contributed by atoms with Crippen molar-refractivity contribution in [2.75, 3.05) is 25.2 Å². The summed E-state index contributed by atoms with van der Waals surface area (Å²) >= 11 is 0. The molecule has 0 fully saturated rings. The van der Waals surface area contributed by atoms with Crippen molar-refractivity contribution in [3.8, 4) is 11.5 Å². The molecule has 0 aromatic heterocycles. The second kappa shape index (κ2) is 8.33. The Labute approximate surface area is 152 Å². The number of nitro benzene ring substituents is 1.